The van der Waals surface area contributed by atoms with Crippen molar-refractivity contribution >= 4 is 15.9 Å². The third-order valence-electron chi connectivity index (χ3n) is 3.99. The van der Waals surface area contributed by atoms with Crippen LogP contribution >= 0.6 is 15.9 Å². The second kappa shape index (κ2) is 5.73. The summed E-state index contributed by atoms with van der Waals surface area (Å²) in [5.74, 6) is -0.303. The van der Waals surface area contributed by atoms with Gasteiger partial charge in [0.2, 0.25) is 0 Å². The van der Waals surface area contributed by atoms with Gasteiger partial charge in [-0.25, -0.2) is 4.39 Å². The van der Waals surface area contributed by atoms with Crippen LogP contribution in [0.4, 0.5) is 4.39 Å². The van der Waals surface area contributed by atoms with Crippen molar-refractivity contribution in [3.05, 3.63) is 67.8 Å². The minimum absolute atomic E-state index is 0.0171. The topological polar surface area (TPSA) is 48.0 Å². The lowest BCUT2D eigenvalue weighted by Crippen LogP contribution is -2.29. The molecule has 21 heavy (non-hydrogen) atoms. The molecule has 5 heteroatoms. The fourth-order valence-electron chi connectivity index (χ4n) is 2.91. The quantitative estimate of drug-likeness (QED) is 0.904. The molecule has 1 aromatic heterocycles. The van der Waals surface area contributed by atoms with Crippen molar-refractivity contribution in [3.63, 3.8) is 0 Å². The molecule has 0 bridgehead atoms. The standard InChI is InChI=1S/C16H16BrFN2O/c17-13-6-4-11(18)8-10(13)9-20-15-3-1-2-14(19)12(15)5-7-16(20)21/h4-8,14H,1-3,9,19H2. The van der Waals surface area contributed by atoms with E-state index in [0.717, 1.165) is 40.6 Å². The number of nitrogens with two attached hydrogens (primary N) is 1. The van der Waals surface area contributed by atoms with Gasteiger partial charge in [0.15, 0.2) is 0 Å². The van der Waals surface area contributed by atoms with Gasteiger partial charge >= 0.3 is 0 Å². The maximum Gasteiger partial charge on any atom is 0.251 e. The van der Waals surface area contributed by atoms with Crippen LogP contribution in [0.3, 0.4) is 0 Å². The van der Waals surface area contributed by atoms with E-state index >= 15 is 0 Å². The summed E-state index contributed by atoms with van der Waals surface area (Å²) in [4.78, 5) is 12.2. The number of nitrogens with zero attached hydrogens (tertiary/aromatic N) is 1. The van der Waals surface area contributed by atoms with E-state index in [1.165, 1.54) is 12.1 Å². The highest BCUT2D eigenvalue weighted by Gasteiger charge is 2.20. The van der Waals surface area contributed by atoms with Crippen LogP contribution in [0.25, 0.3) is 0 Å². The Morgan fingerprint density at radius 3 is 2.95 bits per heavy atom. The summed E-state index contributed by atoms with van der Waals surface area (Å²) in [5, 5.41) is 0. The number of pyridine rings is 1. The van der Waals surface area contributed by atoms with E-state index in [1.807, 2.05) is 6.07 Å². The van der Waals surface area contributed by atoms with E-state index in [2.05, 4.69) is 15.9 Å². The van der Waals surface area contributed by atoms with Crippen molar-refractivity contribution in [1.29, 1.82) is 0 Å². The van der Waals surface area contributed by atoms with Crippen LogP contribution in [0.1, 0.15) is 35.7 Å². The van der Waals surface area contributed by atoms with Crippen molar-refractivity contribution in [2.75, 3.05) is 0 Å². The molecule has 1 aliphatic carbocycles. The van der Waals surface area contributed by atoms with Crippen LogP contribution in [-0.4, -0.2) is 4.57 Å². The first-order valence-electron chi connectivity index (χ1n) is 6.98. The summed E-state index contributed by atoms with van der Waals surface area (Å²) >= 11 is 3.41. The Morgan fingerprint density at radius 2 is 2.14 bits per heavy atom. The number of aromatic nitrogens is 1. The van der Waals surface area contributed by atoms with Gasteiger partial charge in [0.1, 0.15) is 5.82 Å². The van der Waals surface area contributed by atoms with E-state index in [9.17, 15) is 9.18 Å². The largest absolute Gasteiger partial charge is 0.324 e. The van der Waals surface area contributed by atoms with Crippen molar-refractivity contribution in [2.24, 2.45) is 5.73 Å². The summed E-state index contributed by atoms with van der Waals surface area (Å²) in [5.41, 5.74) is 8.83. The first-order chi connectivity index (χ1) is 10.1. The molecule has 0 aliphatic heterocycles. The predicted molar refractivity (Wildman–Crippen MR) is 83.8 cm³/mol. The minimum atomic E-state index is -0.303. The molecule has 110 valence electrons. The van der Waals surface area contributed by atoms with Crippen LogP contribution in [-0.2, 0) is 13.0 Å². The van der Waals surface area contributed by atoms with Crippen molar-refractivity contribution < 1.29 is 4.39 Å². The molecule has 0 saturated carbocycles. The maximum atomic E-state index is 13.4. The zero-order valence-corrected chi connectivity index (χ0v) is 13.1. The van der Waals surface area contributed by atoms with E-state index in [4.69, 9.17) is 5.73 Å². The third-order valence-corrected chi connectivity index (χ3v) is 4.77. The Hall–Kier alpha value is -1.46. The van der Waals surface area contributed by atoms with Gasteiger partial charge in [0.05, 0.1) is 6.54 Å². The molecular weight excluding hydrogens is 335 g/mol. The Balaban J connectivity index is 2.08. The SMILES string of the molecule is NC1CCCc2c1ccc(=O)n2Cc1cc(F)ccc1Br. The molecule has 3 rings (SSSR count). The monoisotopic (exact) mass is 350 g/mol. The molecule has 1 aromatic carbocycles. The highest BCUT2D eigenvalue weighted by atomic mass is 79.9. The Morgan fingerprint density at radius 1 is 1.33 bits per heavy atom. The fourth-order valence-corrected chi connectivity index (χ4v) is 3.28. The van der Waals surface area contributed by atoms with Gasteiger partial charge in [-0.1, -0.05) is 22.0 Å². The second-order valence-corrected chi connectivity index (χ2v) is 6.25. The lowest BCUT2D eigenvalue weighted by Gasteiger charge is -2.25. The molecular formula is C16H16BrFN2O. The predicted octanol–water partition coefficient (Wildman–Crippen LogP) is 3.13. The van der Waals surface area contributed by atoms with Crippen LogP contribution < -0.4 is 11.3 Å². The van der Waals surface area contributed by atoms with Gasteiger partial charge < -0.3 is 10.3 Å². The molecule has 0 amide bonds. The summed E-state index contributed by atoms with van der Waals surface area (Å²) in [7, 11) is 0. The molecule has 1 atom stereocenters. The number of fused-ring (bicyclic) bond motifs is 1. The molecule has 2 aromatic rings. The third kappa shape index (κ3) is 2.80. The van der Waals surface area contributed by atoms with E-state index < -0.39 is 0 Å². The minimum Gasteiger partial charge on any atom is -0.324 e. The van der Waals surface area contributed by atoms with Crippen molar-refractivity contribution in [2.45, 2.75) is 31.8 Å². The molecule has 0 spiro atoms. The van der Waals surface area contributed by atoms with Gasteiger partial charge in [0, 0.05) is 22.3 Å². The zero-order chi connectivity index (χ0) is 15.0. The van der Waals surface area contributed by atoms with Crippen LogP contribution in [0.5, 0.6) is 0 Å². The van der Waals surface area contributed by atoms with Gasteiger partial charge in [-0.3, -0.25) is 4.79 Å². The van der Waals surface area contributed by atoms with Gasteiger partial charge in [-0.2, -0.15) is 0 Å². The number of hydrogen-bond donors (Lipinski definition) is 1. The normalized spacial score (nSPS) is 17.6. The van der Waals surface area contributed by atoms with E-state index in [1.54, 1.807) is 16.7 Å². The van der Waals surface area contributed by atoms with E-state index in [0.29, 0.717) is 6.54 Å². The Kier molecular flexibility index (Phi) is 3.95. The number of halogens is 2. The molecule has 1 aliphatic rings. The highest BCUT2D eigenvalue weighted by molar-refractivity contribution is 9.10. The summed E-state index contributed by atoms with van der Waals surface area (Å²) in [6.07, 6.45) is 2.75. The highest BCUT2D eigenvalue weighted by Crippen LogP contribution is 2.27. The lowest BCUT2D eigenvalue weighted by molar-refractivity contribution is 0.528. The van der Waals surface area contributed by atoms with Crippen LogP contribution in [0.2, 0.25) is 0 Å². The summed E-state index contributed by atoms with van der Waals surface area (Å²) in [6.45, 7) is 0.354. The molecule has 0 fully saturated rings. The molecule has 1 unspecified atom stereocenters. The molecule has 2 N–H and O–H groups in total. The van der Waals surface area contributed by atoms with Gasteiger partial charge in [0.25, 0.3) is 5.56 Å². The first-order valence-corrected chi connectivity index (χ1v) is 7.77. The molecule has 0 saturated heterocycles. The second-order valence-electron chi connectivity index (χ2n) is 5.39. The number of benzene rings is 1. The smallest absolute Gasteiger partial charge is 0.251 e. The molecule has 0 radical (unpaired) electrons. The Labute approximate surface area is 130 Å². The van der Waals surface area contributed by atoms with Crippen molar-refractivity contribution in [3.8, 4) is 0 Å². The zero-order valence-electron chi connectivity index (χ0n) is 11.5. The molecule has 3 nitrogen and oxygen atoms in total. The number of rotatable bonds is 2. The first kappa shape index (κ1) is 14.5. The van der Waals surface area contributed by atoms with Crippen LogP contribution in [0.15, 0.2) is 39.6 Å². The Bertz CT molecular complexity index is 742. The van der Waals surface area contributed by atoms with Crippen molar-refractivity contribution in [1.82, 2.24) is 4.57 Å². The summed E-state index contributed by atoms with van der Waals surface area (Å²) < 4.78 is 15.9. The van der Waals surface area contributed by atoms with E-state index in [-0.39, 0.29) is 17.4 Å². The summed E-state index contributed by atoms with van der Waals surface area (Å²) in [6, 6.07) is 7.88. The fraction of sp³-hybridized carbons (Fsp3) is 0.312. The van der Waals surface area contributed by atoms with Gasteiger partial charge in [-0.05, 0) is 48.6 Å². The lowest BCUT2D eigenvalue weighted by atomic mass is 9.91. The average molecular weight is 351 g/mol. The molecule has 1 heterocycles. The average Bonchev–Trinajstić information content (AvgIpc) is 2.46. The van der Waals surface area contributed by atoms with Crippen LogP contribution in [0, 0.1) is 5.82 Å². The number of hydrogen-bond acceptors (Lipinski definition) is 2. The maximum absolute atomic E-state index is 13.4. The van der Waals surface area contributed by atoms with Gasteiger partial charge in [-0.15, -0.1) is 0 Å².